The SMILES string of the molecule is Nc1cc(-c2cnc[nH]2)ccc1O. The Morgan fingerprint density at radius 2 is 2.23 bits per heavy atom. The van der Waals surface area contributed by atoms with E-state index in [9.17, 15) is 5.11 Å². The number of hydrogen-bond donors (Lipinski definition) is 3. The molecule has 0 aliphatic carbocycles. The second kappa shape index (κ2) is 2.82. The van der Waals surface area contributed by atoms with E-state index >= 15 is 0 Å². The highest BCUT2D eigenvalue weighted by Crippen LogP contribution is 2.25. The first kappa shape index (κ1) is 7.67. The molecular formula is C9H9N3O. The van der Waals surface area contributed by atoms with Gasteiger partial charge in [-0.3, -0.25) is 0 Å². The summed E-state index contributed by atoms with van der Waals surface area (Å²) in [5.41, 5.74) is 7.70. The average Bonchev–Trinajstić information content (AvgIpc) is 2.62. The lowest BCUT2D eigenvalue weighted by molar-refractivity contribution is 0.478. The van der Waals surface area contributed by atoms with Crippen molar-refractivity contribution in [2.24, 2.45) is 0 Å². The maximum absolute atomic E-state index is 9.19. The van der Waals surface area contributed by atoms with Crippen LogP contribution in [0.3, 0.4) is 0 Å². The van der Waals surface area contributed by atoms with Crippen LogP contribution < -0.4 is 5.73 Å². The number of aromatic amines is 1. The van der Waals surface area contributed by atoms with Crippen molar-refractivity contribution in [3.05, 3.63) is 30.7 Å². The van der Waals surface area contributed by atoms with Gasteiger partial charge in [0, 0.05) is 5.56 Å². The van der Waals surface area contributed by atoms with Gasteiger partial charge in [-0.15, -0.1) is 0 Å². The van der Waals surface area contributed by atoms with Crippen LogP contribution in [0.25, 0.3) is 11.3 Å². The molecule has 0 aliphatic rings. The highest BCUT2D eigenvalue weighted by atomic mass is 16.3. The van der Waals surface area contributed by atoms with Crippen molar-refractivity contribution in [2.45, 2.75) is 0 Å². The van der Waals surface area contributed by atoms with E-state index in [2.05, 4.69) is 9.97 Å². The Kier molecular flexibility index (Phi) is 1.66. The molecule has 13 heavy (non-hydrogen) atoms. The van der Waals surface area contributed by atoms with Crippen LogP contribution in [0.5, 0.6) is 5.75 Å². The van der Waals surface area contributed by atoms with Gasteiger partial charge in [-0.05, 0) is 18.2 Å². The predicted molar refractivity (Wildman–Crippen MR) is 50.1 cm³/mol. The van der Waals surface area contributed by atoms with Gasteiger partial charge >= 0.3 is 0 Å². The fourth-order valence-corrected chi connectivity index (χ4v) is 1.14. The molecule has 66 valence electrons. The van der Waals surface area contributed by atoms with Crippen LogP contribution in [0.4, 0.5) is 5.69 Å². The molecule has 0 amide bonds. The number of nitrogens with zero attached hydrogens (tertiary/aromatic N) is 1. The van der Waals surface area contributed by atoms with Gasteiger partial charge in [0.1, 0.15) is 5.75 Å². The van der Waals surface area contributed by atoms with Crippen LogP contribution in [0.2, 0.25) is 0 Å². The molecular weight excluding hydrogens is 166 g/mol. The third-order valence-electron chi connectivity index (χ3n) is 1.84. The van der Waals surface area contributed by atoms with Crippen molar-refractivity contribution in [1.29, 1.82) is 0 Å². The second-order valence-electron chi connectivity index (χ2n) is 2.74. The summed E-state index contributed by atoms with van der Waals surface area (Å²) < 4.78 is 0. The zero-order valence-electron chi connectivity index (χ0n) is 6.86. The van der Waals surface area contributed by atoms with Gasteiger partial charge in [-0.1, -0.05) is 0 Å². The van der Waals surface area contributed by atoms with E-state index < -0.39 is 0 Å². The normalized spacial score (nSPS) is 10.2. The summed E-state index contributed by atoms with van der Waals surface area (Å²) in [6, 6.07) is 5.04. The maximum atomic E-state index is 9.19. The van der Waals surface area contributed by atoms with Crippen molar-refractivity contribution >= 4 is 5.69 Å². The standard InChI is InChI=1S/C9H9N3O/c10-7-3-6(1-2-9(7)13)8-4-11-5-12-8/h1-5,13H,10H2,(H,11,12). The topological polar surface area (TPSA) is 74.9 Å². The zero-order valence-corrected chi connectivity index (χ0v) is 6.86. The first-order valence-corrected chi connectivity index (χ1v) is 3.84. The van der Waals surface area contributed by atoms with Crippen molar-refractivity contribution in [3.63, 3.8) is 0 Å². The van der Waals surface area contributed by atoms with E-state index in [4.69, 9.17) is 5.73 Å². The molecule has 4 N–H and O–H groups in total. The predicted octanol–water partition coefficient (Wildman–Crippen LogP) is 1.36. The summed E-state index contributed by atoms with van der Waals surface area (Å²) >= 11 is 0. The van der Waals surface area contributed by atoms with E-state index in [0.717, 1.165) is 11.3 Å². The molecule has 2 rings (SSSR count). The van der Waals surface area contributed by atoms with Crippen LogP contribution >= 0.6 is 0 Å². The van der Waals surface area contributed by atoms with Crippen LogP contribution in [-0.2, 0) is 0 Å². The molecule has 2 aromatic rings. The summed E-state index contributed by atoms with van der Waals surface area (Å²) in [7, 11) is 0. The number of nitrogens with one attached hydrogen (secondary N) is 1. The lowest BCUT2D eigenvalue weighted by Crippen LogP contribution is -1.86. The molecule has 1 aromatic heterocycles. The largest absolute Gasteiger partial charge is 0.506 e. The van der Waals surface area contributed by atoms with Gasteiger partial charge in [0.2, 0.25) is 0 Å². The third-order valence-corrected chi connectivity index (χ3v) is 1.84. The van der Waals surface area contributed by atoms with Crippen LogP contribution in [0, 0.1) is 0 Å². The number of phenolic OH excluding ortho intramolecular Hbond substituents is 1. The first-order valence-electron chi connectivity index (χ1n) is 3.84. The van der Waals surface area contributed by atoms with Gasteiger partial charge in [0.15, 0.2) is 0 Å². The van der Waals surface area contributed by atoms with Gasteiger partial charge in [-0.2, -0.15) is 0 Å². The minimum atomic E-state index is 0.100. The molecule has 0 saturated heterocycles. The first-order chi connectivity index (χ1) is 6.27. The Hall–Kier alpha value is -1.97. The smallest absolute Gasteiger partial charge is 0.138 e. The lowest BCUT2D eigenvalue weighted by atomic mass is 10.1. The van der Waals surface area contributed by atoms with E-state index in [1.165, 1.54) is 0 Å². The number of anilines is 1. The Labute approximate surface area is 75.1 Å². The average molecular weight is 175 g/mol. The minimum Gasteiger partial charge on any atom is -0.506 e. The molecule has 0 unspecified atom stereocenters. The number of rotatable bonds is 1. The molecule has 1 aromatic carbocycles. The summed E-state index contributed by atoms with van der Waals surface area (Å²) in [5.74, 6) is 0.100. The van der Waals surface area contributed by atoms with Crippen molar-refractivity contribution in [1.82, 2.24) is 9.97 Å². The number of nitrogen functional groups attached to an aromatic ring is 1. The van der Waals surface area contributed by atoms with E-state index in [1.54, 1.807) is 30.7 Å². The Bertz CT molecular complexity index is 409. The number of H-pyrrole nitrogens is 1. The molecule has 0 fully saturated rings. The van der Waals surface area contributed by atoms with E-state index in [1.807, 2.05) is 0 Å². The zero-order chi connectivity index (χ0) is 9.26. The van der Waals surface area contributed by atoms with Gasteiger partial charge in [-0.25, -0.2) is 4.98 Å². The van der Waals surface area contributed by atoms with E-state index in [0.29, 0.717) is 5.69 Å². The van der Waals surface area contributed by atoms with Gasteiger partial charge in [0.25, 0.3) is 0 Å². The molecule has 4 nitrogen and oxygen atoms in total. The summed E-state index contributed by atoms with van der Waals surface area (Å²) in [4.78, 5) is 6.84. The Morgan fingerprint density at radius 3 is 2.85 bits per heavy atom. The molecule has 0 radical (unpaired) electrons. The van der Waals surface area contributed by atoms with Crippen LogP contribution in [-0.4, -0.2) is 15.1 Å². The minimum absolute atomic E-state index is 0.100. The second-order valence-corrected chi connectivity index (χ2v) is 2.74. The summed E-state index contributed by atoms with van der Waals surface area (Å²) in [6.45, 7) is 0. The number of benzene rings is 1. The quantitative estimate of drug-likeness (QED) is 0.452. The molecule has 0 aliphatic heterocycles. The van der Waals surface area contributed by atoms with Crippen molar-refractivity contribution in [3.8, 4) is 17.0 Å². The number of hydrogen-bond acceptors (Lipinski definition) is 3. The molecule has 0 bridgehead atoms. The number of phenols is 1. The highest BCUT2D eigenvalue weighted by molar-refractivity contribution is 5.67. The fraction of sp³-hybridized carbons (Fsp3) is 0. The number of nitrogens with two attached hydrogens (primary N) is 1. The molecule has 0 atom stereocenters. The van der Waals surface area contributed by atoms with Crippen molar-refractivity contribution < 1.29 is 5.11 Å². The van der Waals surface area contributed by atoms with E-state index in [-0.39, 0.29) is 5.75 Å². The fourth-order valence-electron chi connectivity index (χ4n) is 1.14. The third kappa shape index (κ3) is 1.33. The van der Waals surface area contributed by atoms with Crippen LogP contribution in [0.15, 0.2) is 30.7 Å². The molecule has 4 heteroatoms. The molecule has 1 heterocycles. The number of imidazole rings is 1. The summed E-state index contributed by atoms with van der Waals surface area (Å²) in [5, 5.41) is 9.19. The Balaban J connectivity index is 2.49. The molecule has 0 saturated carbocycles. The van der Waals surface area contributed by atoms with Gasteiger partial charge in [0.05, 0.1) is 23.9 Å². The Morgan fingerprint density at radius 1 is 1.38 bits per heavy atom. The lowest BCUT2D eigenvalue weighted by Gasteiger charge is -2.01. The molecule has 0 spiro atoms. The highest BCUT2D eigenvalue weighted by Gasteiger charge is 2.01. The van der Waals surface area contributed by atoms with Crippen LogP contribution in [0.1, 0.15) is 0 Å². The monoisotopic (exact) mass is 175 g/mol. The van der Waals surface area contributed by atoms with Gasteiger partial charge < -0.3 is 15.8 Å². The number of aromatic hydroxyl groups is 1. The van der Waals surface area contributed by atoms with Crippen molar-refractivity contribution in [2.75, 3.05) is 5.73 Å². The number of aromatic nitrogens is 2. The summed E-state index contributed by atoms with van der Waals surface area (Å²) in [6.07, 6.45) is 3.30. The maximum Gasteiger partial charge on any atom is 0.138 e.